The second-order valence-corrected chi connectivity index (χ2v) is 3.18. The van der Waals surface area contributed by atoms with E-state index in [2.05, 4.69) is 15.5 Å². The van der Waals surface area contributed by atoms with E-state index < -0.39 is 0 Å². The van der Waals surface area contributed by atoms with Crippen molar-refractivity contribution in [2.45, 2.75) is 26.7 Å². The molecule has 1 rings (SSSR count). The number of likely N-dealkylation sites (N-methyl/N-ethyl adjacent to an activating group) is 1. The fraction of sp³-hybridized carbons (Fsp3) is 0.556. The van der Waals surface area contributed by atoms with Crippen molar-refractivity contribution >= 4 is 5.91 Å². The lowest BCUT2D eigenvalue weighted by molar-refractivity contribution is -0.121. The number of nitrogens with one attached hydrogen (secondary N) is 2. The number of aryl methyl sites for hydroxylation is 2. The van der Waals surface area contributed by atoms with Crippen molar-refractivity contribution in [3.8, 4) is 0 Å². The highest BCUT2D eigenvalue weighted by atomic mass is 16.1. The Morgan fingerprint density at radius 1 is 1.54 bits per heavy atom. The topological polar surface area (TPSA) is 57.8 Å². The van der Waals surface area contributed by atoms with Gasteiger partial charge in [-0.25, -0.2) is 0 Å². The zero-order chi connectivity index (χ0) is 10.0. The van der Waals surface area contributed by atoms with Gasteiger partial charge in [0.25, 0.3) is 0 Å². The number of carbonyl (C=O) groups is 1. The van der Waals surface area contributed by atoms with E-state index in [1.54, 1.807) is 7.05 Å². The molecule has 2 N–H and O–H groups in total. The summed E-state index contributed by atoms with van der Waals surface area (Å²) in [6.45, 7) is 5.71. The molecule has 0 radical (unpaired) electrons. The summed E-state index contributed by atoms with van der Waals surface area (Å²) in [5.74, 6) is -0.114. The first kappa shape index (κ1) is 9.77. The fourth-order valence-electron chi connectivity index (χ4n) is 1.55. The molecule has 0 aliphatic carbocycles. The molecular weight excluding hydrogens is 166 g/mol. The molecule has 1 unspecified atom stereocenters. The van der Waals surface area contributed by atoms with Gasteiger partial charge in [0, 0.05) is 18.3 Å². The van der Waals surface area contributed by atoms with E-state index in [-0.39, 0.29) is 11.8 Å². The maximum absolute atomic E-state index is 11.4. The van der Waals surface area contributed by atoms with Crippen LogP contribution in [0.15, 0.2) is 0 Å². The van der Waals surface area contributed by atoms with Gasteiger partial charge in [0.15, 0.2) is 0 Å². The molecule has 4 nitrogen and oxygen atoms in total. The molecule has 0 spiro atoms. The third-order valence-electron chi connectivity index (χ3n) is 2.26. The van der Waals surface area contributed by atoms with E-state index in [0.717, 1.165) is 17.0 Å². The number of hydrogen-bond acceptors (Lipinski definition) is 2. The molecule has 1 atom stereocenters. The van der Waals surface area contributed by atoms with Crippen LogP contribution in [-0.4, -0.2) is 23.2 Å². The van der Waals surface area contributed by atoms with Gasteiger partial charge in [-0.05, 0) is 20.8 Å². The molecule has 0 fully saturated rings. The largest absolute Gasteiger partial charge is 0.359 e. The van der Waals surface area contributed by atoms with Crippen LogP contribution in [0.25, 0.3) is 0 Å². The van der Waals surface area contributed by atoms with Crippen molar-refractivity contribution in [2.24, 2.45) is 0 Å². The van der Waals surface area contributed by atoms with Gasteiger partial charge in [0.1, 0.15) is 0 Å². The second kappa shape index (κ2) is 3.60. The highest BCUT2D eigenvalue weighted by Crippen LogP contribution is 2.20. The smallest absolute Gasteiger partial charge is 0.227 e. The van der Waals surface area contributed by atoms with Crippen molar-refractivity contribution < 1.29 is 4.79 Å². The van der Waals surface area contributed by atoms with E-state index >= 15 is 0 Å². The van der Waals surface area contributed by atoms with E-state index in [4.69, 9.17) is 0 Å². The minimum absolute atomic E-state index is 0.0209. The number of rotatable bonds is 2. The number of aromatic nitrogens is 2. The van der Waals surface area contributed by atoms with E-state index in [1.165, 1.54) is 0 Å². The monoisotopic (exact) mass is 181 g/mol. The Morgan fingerprint density at radius 2 is 2.15 bits per heavy atom. The van der Waals surface area contributed by atoms with Crippen LogP contribution >= 0.6 is 0 Å². The Morgan fingerprint density at radius 3 is 2.54 bits per heavy atom. The van der Waals surface area contributed by atoms with Gasteiger partial charge >= 0.3 is 0 Å². The lowest BCUT2D eigenvalue weighted by Gasteiger charge is -2.09. The summed E-state index contributed by atoms with van der Waals surface area (Å²) in [7, 11) is 1.64. The predicted molar refractivity (Wildman–Crippen MR) is 50.5 cm³/mol. The maximum atomic E-state index is 11.4. The van der Waals surface area contributed by atoms with Crippen molar-refractivity contribution in [1.29, 1.82) is 0 Å². The van der Waals surface area contributed by atoms with Crippen LogP contribution in [0.1, 0.15) is 29.8 Å². The van der Waals surface area contributed by atoms with Crippen molar-refractivity contribution in [1.82, 2.24) is 15.5 Å². The highest BCUT2D eigenvalue weighted by Gasteiger charge is 2.19. The summed E-state index contributed by atoms with van der Waals surface area (Å²) in [5.41, 5.74) is 2.86. The Balaban J connectivity index is 3.00. The van der Waals surface area contributed by atoms with Gasteiger partial charge in [0.2, 0.25) is 5.91 Å². The van der Waals surface area contributed by atoms with Crippen LogP contribution in [0.2, 0.25) is 0 Å². The number of nitrogens with zero attached hydrogens (tertiary/aromatic N) is 1. The highest BCUT2D eigenvalue weighted by molar-refractivity contribution is 5.83. The molecule has 1 heterocycles. The maximum Gasteiger partial charge on any atom is 0.227 e. The second-order valence-electron chi connectivity index (χ2n) is 3.18. The number of carbonyl (C=O) groups excluding carboxylic acids is 1. The molecule has 0 bridgehead atoms. The van der Waals surface area contributed by atoms with Crippen LogP contribution in [0, 0.1) is 13.8 Å². The molecular formula is C9H15N3O. The fourth-order valence-corrected chi connectivity index (χ4v) is 1.55. The molecule has 1 aromatic rings. The SMILES string of the molecule is CNC(=O)C(C)c1c(C)n[nH]c1C. The van der Waals surface area contributed by atoms with Crippen LogP contribution < -0.4 is 5.32 Å². The third kappa shape index (κ3) is 1.71. The van der Waals surface area contributed by atoms with Gasteiger partial charge < -0.3 is 5.32 Å². The number of hydrogen-bond donors (Lipinski definition) is 2. The minimum Gasteiger partial charge on any atom is -0.359 e. The van der Waals surface area contributed by atoms with Gasteiger partial charge in [-0.1, -0.05) is 0 Å². The molecule has 0 aromatic carbocycles. The van der Waals surface area contributed by atoms with Crippen LogP contribution in [0.3, 0.4) is 0 Å². The molecule has 13 heavy (non-hydrogen) atoms. The molecule has 4 heteroatoms. The minimum atomic E-state index is -0.135. The molecule has 72 valence electrons. The summed E-state index contributed by atoms with van der Waals surface area (Å²) in [5, 5.41) is 9.54. The van der Waals surface area contributed by atoms with Gasteiger partial charge in [-0.2, -0.15) is 5.10 Å². The summed E-state index contributed by atoms with van der Waals surface area (Å²) in [6.07, 6.45) is 0. The van der Waals surface area contributed by atoms with Gasteiger partial charge in [-0.3, -0.25) is 9.89 Å². The van der Waals surface area contributed by atoms with Crippen LogP contribution in [0.5, 0.6) is 0 Å². The van der Waals surface area contributed by atoms with Crippen LogP contribution in [-0.2, 0) is 4.79 Å². The zero-order valence-corrected chi connectivity index (χ0v) is 8.43. The van der Waals surface area contributed by atoms with Crippen molar-refractivity contribution in [3.05, 3.63) is 17.0 Å². The first-order valence-corrected chi connectivity index (χ1v) is 4.31. The normalized spacial score (nSPS) is 12.6. The average molecular weight is 181 g/mol. The predicted octanol–water partition coefficient (Wildman–Crippen LogP) is 0.876. The third-order valence-corrected chi connectivity index (χ3v) is 2.26. The lowest BCUT2D eigenvalue weighted by Crippen LogP contribution is -2.24. The molecule has 0 saturated carbocycles. The molecule has 0 saturated heterocycles. The van der Waals surface area contributed by atoms with Gasteiger partial charge in [0.05, 0.1) is 11.6 Å². The molecule has 0 aliphatic heterocycles. The van der Waals surface area contributed by atoms with Crippen molar-refractivity contribution in [2.75, 3.05) is 7.05 Å². The molecule has 1 amide bonds. The number of H-pyrrole nitrogens is 1. The average Bonchev–Trinajstić information content (AvgIpc) is 2.44. The quantitative estimate of drug-likeness (QED) is 0.711. The lowest BCUT2D eigenvalue weighted by atomic mass is 9.98. The summed E-state index contributed by atoms with van der Waals surface area (Å²) < 4.78 is 0. The Bertz CT molecular complexity index is 297. The summed E-state index contributed by atoms with van der Waals surface area (Å²) in [4.78, 5) is 11.4. The van der Waals surface area contributed by atoms with E-state index in [0.29, 0.717) is 0 Å². The molecule has 1 aromatic heterocycles. The van der Waals surface area contributed by atoms with Crippen molar-refractivity contribution in [3.63, 3.8) is 0 Å². The Kier molecular flexibility index (Phi) is 2.70. The standard InChI is InChI=1S/C9H15N3O/c1-5(9(13)10-4)8-6(2)11-12-7(8)3/h5H,1-4H3,(H,10,13)(H,11,12). The van der Waals surface area contributed by atoms with E-state index in [9.17, 15) is 4.79 Å². The Labute approximate surface area is 77.7 Å². The zero-order valence-electron chi connectivity index (χ0n) is 8.43. The summed E-state index contributed by atoms with van der Waals surface area (Å²) >= 11 is 0. The van der Waals surface area contributed by atoms with Gasteiger partial charge in [-0.15, -0.1) is 0 Å². The van der Waals surface area contributed by atoms with Crippen LogP contribution in [0.4, 0.5) is 0 Å². The first-order valence-electron chi connectivity index (χ1n) is 4.31. The molecule has 0 aliphatic rings. The Hall–Kier alpha value is -1.32. The number of amides is 1. The summed E-state index contributed by atoms with van der Waals surface area (Å²) in [6, 6.07) is 0. The van der Waals surface area contributed by atoms with E-state index in [1.807, 2.05) is 20.8 Å². The number of aromatic amines is 1. The first-order chi connectivity index (χ1) is 6.07.